The number of carbonyl (C=O) groups excluding carboxylic acids is 1. The van der Waals surface area contributed by atoms with Gasteiger partial charge in [0.05, 0.1) is 0 Å². The fourth-order valence-corrected chi connectivity index (χ4v) is 3.59. The fourth-order valence-electron chi connectivity index (χ4n) is 3.59. The molecule has 1 atom stereocenters. The molecule has 2 aliphatic rings. The first-order valence-corrected chi connectivity index (χ1v) is 8.05. The fraction of sp³-hybridized carbons (Fsp3) is 0.867. The van der Waals surface area contributed by atoms with Crippen molar-refractivity contribution in [3.05, 3.63) is 0 Å². The van der Waals surface area contributed by atoms with Crippen LogP contribution in [0.25, 0.3) is 0 Å². The average Bonchev–Trinajstić information content (AvgIpc) is 3.01. The van der Waals surface area contributed by atoms with Crippen molar-refractivity contribution in [1.82, 2.24) is 9.80 Å². The Morgan fingerprint density at radius 1 is 1.19 bits per heavy atom. The van der Waals surface area contributed by atoms with E-state index in [0.29, 0.717) is 6.04 Å². The lowest BCUT2D eigenvalue weighted by molar-refractivity contribution is -0.136. The molecule has 0 aromatic rings. The maximum Gasteiger partial charge on any atom is 0.233 e. The van der Waals surface area contributed by atoms with Crippen molar-refractivity contribution in [3.8, 4) is 0 Å². The Bertz CT molecular complexity index is 383. The van der Waals surface area contributed by atoms with Crippen LogP contribution >= 0.6 is 0 Å². The Balaban J connectivity index is 1.92. The van der Waals surface area contributed by atoms with Gasteiger partial charge in [0, 0.05) is 32.2 Å². The van der Waals surface area contributed by atoms with E-state index in [0.717, 1.165) is 26.2 Å². The van der Waals surface area contributed by atoms with Crippen LogP contribution in [0.15, 0.2) is 5.16 Å². The summed E-state index contributed by atoms with van der Waals surface area (Å²) in [5.74, 6) is -0.478. The van der Waals surface area contributed by atoms with E-state index in [2.05, 4.69) is 10.1 Å². The summed E-state index contributed by atoms with van der Waals surface area (Å²) in [5.41, 5.74) is 5.69. The summed E-state index contributed by atoms with van der Waals surface area (Å²) >= 11 is 0. The molecule has 1 amide bonds. The molecule has 3 N–H and O–H groups in total. The molecule has 1 heterocycles. The molecule has 6 heteroatoms. The molecule has 120 valence electrons. The summed E-state index contributed by atoms with van der Waals surface area (Å²) in [6.45, 7) is 7.23. The van der Waals surface area contributed by atoms with E-state index >= 15 is 0 Å². The van der Waals surface area contributed by atoms with E-state index < -0.39 is 5.92 Å². The highest BCUT2D eigenvalue weighted by Gasteiger charge is 2.34. The highest BCUT2D eigenvalue weighted by molar-refractivity contribution is 6.02. The highest BCUT2D eigenvalue weighted by Crippen LogP contribution is 2.25. The lowest BCUT2D eigenvalue weighted by Crippen LogP contribution is -2.54. The second-order valence-electron chi connectivity index (χ2n) is 6.55. The van der Waals surface area contributed by atoms with Gasteiger partial charge in [-0.05, 0) is 18.8 Å². The van der Waals surface area contributed by atoms with Crippen LogP contribution in [-0.2, 0) is 4.79 Å². The van der Waals surface area contributed by atoms with Crippen LogP contribution in [0.4, 0.5) is 0 Å². The summed E-state index contributed by atoms with van der Waals surface area (Å²) in [6, 6.07) is 0.715. The first-order chi connectivity index (χ1) is 10.0. The Morgan fingerprint density at radius 3 is 2.24 bits per heavy atom. The van der Waals surface area contributed by atoms with E-state index in [1.807, 2.05) is 18.7 Å². The topological polar surface area (TPSA) is 82.2 Å². The van der Waals surface area contributed by atoms with Gasteiger partial charge in [-0.3, -0.25) is 9.69 Å². The first-order valence-electron chi connectivity index (χ1n) is 8.05. The van der Waals surface area contributed by atoms with Crippen LogP contribution in [0.3, 0.4) is 0 Å². The number of oxime groups is 1. The van der Waals surface area contributed by atoms with Crippen molar-refractivity contribution in [3.63, 3.8) is 0 Å². The predicted octanol–water partition coefficient (Wildman–Crippen LogP) is 1.09. The standard InChI is InChI=1S/C15H28N4O2/c1-11(2)13(14(16)17-21)15(20)19-9-7-18(8-10-19)12-5-3-4-6-12/h11-13,21H,3-10H2,1-2H3,(H2,16,17). The van der Waals surface area contributed by atoms with Gasteiger partial charge in [0.2, 0.25) is 5.91 Å². The van der Waals surface area contributed by atoms with E-state index in [1.54, 1.807) is 0 Å². The Hall–Kier alpha value is -1.30. The summed E-state index contributed by atoms with van der Waals surface area (Å²) < 4.78 is 0. The Kier molecular flexibility index (Phi) is 5.45. The molecule has 1 saturated carbocycles. The van der Waals surface area contributed by atoms with Gasteiger partial charge < -0.3 is 15.8 Å². The Labute approximate surface area is 127 Å². The van der Waals surface area contributed by atoms with Crippen molar-refractivity contribution in [2.75, 3.05) is 26.2 Å². The summed E-state index contributed by atoms with van der Waals surface area (Å²) in [4.78, 5) is 17.0. The van der Waals surface area contributed by atoms with Gasteiger partial charge in [0.25, 0.3) is 0 Å². The van der Waals surface area contributed by atoms with Gasteiger partial charge in [-0.2, -0.15) is 0 Å². The number of nitrogens with two attached hydrogens (primary N) is 1. The molecule has 21 heavy (non-hydrogen) atoms. The van der Waals surface area contributed by atoms with Crippen LogP contribution in [0.2, 0.25) is 0 Å². The number of hydrogen-bond acceptors (Lipinski definition) is 4. The summed E-state index contributed by atoms with van der Waals surface area (Å²) in [5, 5.41) is 11.9. The largest absolute Gasteiger partial charge is 0.409 e. The molecule has 0 bridgehead atoms. The van der Waals surface area contributed by atoms with Crippen LogP contribution in [0.1, 0.15) is 39.5 Å². The van der Waals surface area contributed by atoms with Crippen molar-refractivity contribution in [2.45, 2.75) is 45.6 Å². The number of carbonyl (C=O) groups is 1. The van der Waals surface area contributed by atoms with E-state index in [9.17, 15) is 4.79 Å². The third kappa shape index (κ3) is 3.67. The predicted molar refractivity (Wildman–Crippen MR) is 82.1 cm³/mol. The van der Waals surface area contributed by atoms with Gasteiger partial charge in [0.1, 0.15) is 5.92 Å². The van der Waals surface area contributed by atoms with Crippen LogP contribution in [0, 0.1) is 11.8 Å². The molecular weight excluding hydrogens is 268 g/mol. The van der Waals surface area contributed by atoms with Gasteiger partial charge in [0.15, 0.2) is 5.84 Å². The molecule has 1 aliphatic carbocycles. The molecule has 1 saturated heterocycles. The average molecular weight is 296 g/mol. The molecule has 0 radical (unpaired) electrons. The normalized spacial score (nSPS) is 23.8. The zero-order chi connectivity index (χ0) is 15.4. The first kappa shape index (κ1) is 16.1. The van der Waals surface area contributed by atoms with Crippen molar-refractivity contribution in [1.29, 1.82) is 0 Å². The smallest absolute Gasteiger partial charge is 0.233 e. The lowest BCUT2D eigenvalue weighted by Gasteiger charge is -2.39. The molecule has 2 rings (SSSR count). The molecular formula is C15H28N4O2. The van der Waals surface area contributed by atoms with Crippen molar-refractivity contribution >= 4 is 11.7 Å². The van der Waals surface area contributed by atoms with Gasteiger partial charge in [-0.15, -0.1) is 0 Å². The van der Waals surface area contributed by atoms with Crippen molar-refractivity contribution in [2.24, 2.45) is 22.7 Å². The zero-order valence-electron chi connectivity index (χ0n) is 13.2. The lowest BCUT2D eigenvalue weighted by atomic mass is 9.93. The number of nitrogens with zero attached hydrogens (tertiary/aromatic N) is 3. The second kappa shape index (κ2) is 7.11. The molecule has 0 aromatic heterocycles. The minimum absolute atomic E-state index is 0.00799. The van der Waals surface area contributed by atoms with E-state index in [1.165, 1.54) is 25.7 Å². The number of rotatable bonds is 4. The minimum Gasteiger partial charge on any atom is -0.409 e. The zero-order valence-corrected chi connectivity index (χ0v) is 13.2. The second-order valence-corrected chi connectivity index (χ2v) is 6.55. The van der Waals surface area contributed by atoms with Crippen LogP contribution in [-0.4, -0.2) is 59.0 Å². The molecule has 2 fully saturated rings. The monoisotopic (exact) mass is 296 g/mol. The molecule has 1 aliphatic heterocycles. The Morgan fingerprint density at radius 2 is 1.76 bits per heavy atom. The van der Waals surface area contributed by atoms with Crippen molar-refractivity contribution < 1.29 is 10.0 Å². The number of amides is 1. The maximum atomic E-state index is 12.6. The van der Waals surface area contributed by atoms with Gasteiger partial charge in [-0.1, -0.05) is 31.8 Å². The quantitative estimate of drug-likeness (QED) is 0.352. The molecule has 0 aromatic carbocycles. The third-order valence-electron chi connectivity index (χ3n) is 4.83. The summed E-state index contributed by atoms with van der Waals surface area (Å²) in [7, 11) is 0. The highest BCUT2D eigenvalue weighted by atomic mass is 16.4. The number of amidine groups is 1. The number of piperazine rings is 1. The van der Waals surface area contributed by atoms with Crippen LogP contribution < -0.4 is 5.73 Å². The minimum atomic E-state index is -0.520. The third-order valence-corrected chi connectivity index (χ3v) is 4.83. The van der Waals surface area contributed by atoms with Gasteiger partial charge >= 0.3 is 0 Å². The molecule has 6 nitrogen and oxygen atoms in total. The van der Waals surface area contributed by atoms with E-state index in [4.69, 9.17) is 10.9 Å². The summed E-state index contributed by atoms with van der Waals surface area (Å²) in [6.07, 6.45) is 5.27. The number of hydrogen-bond donors (Lipinski definition) is 2. The maximum absolute atomic E-state index is 12.6. The molecule has 0 spiro atoms. The molecule has 1 unspecified atom stereocenters. The van der Waals surface area contributed by atoms with E-state index in [-0.39, 0.29) is 17.7 Å². The SMILES string of the molecule is CC(C)C(C(=O)N1CCN(C2CCCC2)CC1)C(N)=NO. The van der Waals surface area contributed by atoms with Crippen LogP contribution in [0.5, 0.6) is 0 Å². The van der Waals surface area contributed by atoms with Gasteiger partial charge in [-0.25, -0.2) is 0 Å².